The molecule has 2 unspecified atom stereocenters. The van der Waals surface area contributed by atoms with Crippen molar-refractivity contribution in [1.29, 1.82) is 0 Å². The Balaban J connectivity index is 2.01. The third-order valence-electron chi connectivity index (χ3n) is 3.20. The van der Waals surface area contributed by atoms with E-state index in [0.717, 1.165) is 31.3 Å². The number of hydrogen-bond donors (Lipinski definition) is 1. The summed E-state index contributed by atoms with van der Waals surface area (Å²) in [5.74, 6) is 0. The highest BCUT2D eigenvalue weighted by Gasteiger charge is 2.22. The molecule has 2 heterocycles. The summed E-state index contributed by atoms with van der Waals surface area (Å²) in [6.45, 7) is 7.00. The van der Waals surface area contributed by atoms with Gasteiger partial charge in [-0.2, -0.15) is 0 Å². The van der Waals surface area contributed by atoms with Gasteiger partial charge in [-0.3, -0.25) is 0 Å². The van der Waals surface area contributed by atoms with E-state index in [0.29, 0.717) is 12.1 Å². The number of aromatic nitrogens is 1. The largest absolute Gasteiger partial charge is 0.379 e. The van der Waals surface area contributed by atoms with Gasteiger partial charge < -0.3 is 15.0 Å². The molecule has 1 aliphatic heterocycles. The molecule has 1 fully saturated rings. The average molecular weight is 255 g/mol. The van der Waals surface area contributed by atoms with E-state index in [9.17, 15) is 0 Å². The van der Waals surface area contributed by atoms with Gasteiger partial charge in [0.25, 0.3) is 0 Å². The first-order chi connectivity index (χ1) is 8.22. The number of rotatable bonds is 5. The molecule has 0 bridgehead atoms. The lowest BCUT2D eigenvalue weighted by molar-refractivity contribution is 0.193. The highest BCUT2D eigenvalue weighted by atomic mass is 32.1. The zero-order chi connectivity index (χ0) is 12.3. The molecule has 2 atom stereocenters. The van der Waals surface area contributed by atoms with Crippen molar-refractivity contribution in [2.45, 2.75) is 32.4 Å². The highest BCUT2D eigenvalue weighted by Crippen LogP contribution is 2.28. The lowest BCUT2D eigenvalue weighted by Gasteiger charge is -2.22. The van der Waals surface area contributed by atoms with E-state index in [2.05, 4.69) is 36.1 Å². The lowest BCUT2D eigenvalue weighted by Crippen LogP contribution is -2.31. The number of thiazole rings is 1. The molecule has 0 saturated carbocycles. The molecular weight excluding hydrogens is 234 g/mol. The Kier molecular flexibility index (Phi) is 4.36. The Morgan fingerprint density at radius 3 is 3.18 bits per heavy atom. The van der Waals surface area contributed by atoms with Gasteiger partial charge in [-0.15, -0.1) is 11.3 Å². The minimum absolute atomic E-state index is 0.388. The first-order valence-corrected chi connectivity index (χ1v) is 7.03. The molecule has 96 valence electrons. The van der Waals surface area contributed by atoms with Gasteiger partial charge in [0.1, 0.15) is 0 Å². The van der Waals surface area contributed by atoms with Crippen LogP contribution < -0.4 is 10.2 Å². The first-order valence-electron chi connectivity index (χ1n) is 6.22. The van der Waals surface area contributed by atoms with Crippen molar-refractivity contribution in [3.63, 3.8) is 0 Å². The Hall–Kier alpha value is -0.650. The van der Waals surface area contributed by atoms with Crippen LogP contribution in [0.3, 0.4) is 0 Å². The van der Waals surface area contributed by atoms with E-state index in [-0.39, 0.29) is 0 Å². The average Bonchev–Trinajstić information content (AvgIpc) is 3.00. The zero-order valence-corrected chi connectivity index (χ0v) is 11.6. The molecule has 0 spiro atoms. The summed E-state index contributed by atoms with van der Waals surface area (Å²) in [5.41, 5.74) is 0. The van der Waals surface area contributed by atoms with E-state index in [4.69, 9.17) is 4.74 Å². The molecule has 0 aromatic carbocycles. The summed E-state index contributed by atoms with van der Waals surface area (Å²) >= 11 is 1.77. The van der Waals surface area contributed by atoms with Crippen LogP contribution in [0.25, 0.3) is 0 Å². The molecule has 1 saturated heterocycles. The van der Waals surface area contributed by atoms with Gasteiger partial charge in [-0.1, -0.05) is 6.92 Å². The second-order valence-electron chi connectivity index (χ2n) is 4.45. The predicted molar refractivity (Wildman–Crippen MR) is 71.8 cm³/mol. The number of hydrogen-bond acceptors (Lipinski definition) is 5. The Labute approximate surface area is 107 Å². The highest BCUT2D eigenvalue weighted by molar-refractivity contribution is 7.15. The van der Waals surface area contributed by atoms with E-state index >= 15 is 0 Å². The molecule has 0 aliphatic carbocycles. The van der Waals surface area contributed by atoms with Crippen LogP contribution in [-0.2, 0) is 4.74 Å². The fourth-order valence-electron chi connectivity index (χ4n) is 2.03. The van der Waals surface area contributed by atoms with Crippen LogP contribution in [0.5, 0.6) is 0 Å². The molecule has 1 aromatic rings. The maximum absolute atomic E-state index is 5.42. The van der Waals surface area contributed by atoms with Gasteiger partial charge in [0.2, 0.25) is 0 Å². The molecule has 0 radical (unpaired) electrons. The second kappa shape index (κ2) is 5.80. The number of nitrogens with one attached hydrogen (secondary N) is 1. The molecule has 1 N–H and O–H groups in total. The van der Waals surface area contributed by atoms with Gasteiger partial charge in [-0.25, -0.2) is 4.98 Å². The normalized spacial score (nSPS) is 21.7. The third kappa shape index (κ3) is 2.97. The standard InChI is InChI=1S/C12H21N3OS/c1-4-13-9(2)11-7-14-12(17-11)15(3)10-5-6-16-8-10/h7,9-10,13H,4-6,8H2,1-3H3. The third-order valence-corrected chi connectivity index (χ3v) is 4.47. The van der Waals surface area contributed by atoms with Gasteiger partial charge in [0.15, 0.2) is 5.13 Å². The van der Waals surface area contributed by atoms with Crippen molar-refractivity contribution in [3.8, 4) is 0 Å². The van der Waals surface area contributed by atoms with E-state index in [1.165, 1.54) is 4.88 Å². The minimum atomic E-state index is 0.388. The van der Waals surface area contributed by atoms with Crippen molar-refractivity contribution in [2.24, 2.45) is 0 Å². The van der Waals surface area contributed by atoms with Crippen LogP contribution in [0, 0.1) is 0 Å². The minimum Gasteiger partial charge on any atom is -0.379 e. The van der Waals surface area contributed by atoms with Gasteiger partial charge >= 0.3 is 0 Å². The molecule has 17 heavy (non-hydrogen) atoms. The van der Waals surface area contributed by atoms with Gasteiger partial charge in [-0.05, 0) is 19.9 Å². The Morgan fingerprint density at radius 1 is 1.71 bits per heavy atom. The summed E-state index contributed by atoms with van der Waals surface area (Å²) in [5, 5.41) is 4.51. The van der Waals surface area contributed by atoms with Crippen LogP contribution in [0.4, 0.5) is 5.13 Å². The van der Waals surface area contributed by atoms with Crippen LogP contribution in [-0.4, -0.2) is 37.8 Å². The van der Waals surface area contributed by atoms with Crippen molar-refractivity contribution < 1.29 is 4.74 Å². The monoisotopic (exact) mass is 255 g/mol. The number of ether oxygens (including phenoxy) is 1. The van der Waals surface area contributed by atoms with Crippen molar-refractivity contribution in [3.05, 3.63) is 11.1 Å². The van der Waals surface area contributed by atoms with Crippen molar-refractivity contribution >= 4 is 16.5 Å². The predicted octanol–water partition coefficient (Wildman–Crippen LogP) is 2.04. The second-order valence-corrected chi connectivity index (χ2v) is 5.49. The van der Waals surface area contributed by atoms with Crippen LogP contribution in [0.15, 0.2) is 6.20 Å². The van der Waals surface area contributed by atoms with E-state index < -0.39 is 0 Å². The summed E-state index contributed by atoms with van der Waals surface area (Å²) in [7, 11) is 2.11. The fourth-order valence-corrected chi connectivity index (χ4v) is 3.01. The molecule has 1 aliphatic rings. The maximum Gasteiger partial charge on any atom is 0.185 e. The molecule has 2 rings (SSSR count). The van der Waals surface area contributed by atoms with Gasteiger partial charge in [0.05, 0.1) is 12.6 Å². The van der Waals surface area contributed by atoms with Crippen molar-refractivity contribution in [2.75, 3.05) is 31.7 Å². The van der Waals surface area contributed by atoms with Crippen LogP contribution in [0.2, 0.25) is 0 Å². The van der Waals surface area contributed by atoms with Crippen LogP contribution in [0.1, 0.15) is 31.2 Å². The van der Waals surface area contributed by atoms with E-state index in [1.807, 2.05) is 6.20 Å². The maximum atomic E-state index is 5.42. The Bertz CT molecular complexity index is 349. The quantitative estimate of drug-likeness (QED) is 0.873. The summed E-state index contributed by atoms with van der Waals surface area (Å²) < 4.78 is 5.42. The number of likely N-dealkylation sites (N-methyl/N-ethyl adjacent to an activating group) is 1. The first kappa shape index (κ1) is 12.8. The summed E-state index contributed by atoms with van der Waals surface area (Å²) in [6.07, 6.45) is 3.09. The molecule has 4 nitrogen and oxygen atoms in total. The lowest BCUT2D eigenvalue weighted by atomic mass is 10.2. The SMILES string of the molecule is CCNC(C)c1cnc(N(C)C2CCOC2)s1. The number of anilines is 1. The van der Waals surface area contributed by atoms with Gasteiger partial charge in [0, 0.05) is 30.8 Å². The number of nitrogens with zero attached hydrogens (tertiary/aromatic N) is 2. The van der Waals surface area contributed by atoms with Crippen molar-refractivity contribution in [1.82, 2.24) is 10.3 Å². The Morgan fingerprint density at radius 2 is 2.53 bits per heavy atom. The van der Waals surface area contributed by atoms with Crippen LogP contribution >= 0.6 is 11.3 Å². The molecule has 1 aromatic heterocycles. The molecule has 0 amide bonds. The van der Waals surface area contributed by atoms with E-state index in [1.54, 1.807) is 11.3 Å². The fraction of sp³-hybridized carbons (Fsp3) is 0.750. The smallest absolute Gasteiger partial charge is 0.185 e. The summed E-state index contributed by atoms with van der Waals surface area (Å²) in [6, 6.07) is 0.878. The topological polar surface area (TPSA) is 37.4 Å². The molecular formula is C12H21N3OS. The zero-order valence-electron chi connectivity index (χ0n) is 10.8. The molecule has 5 heteroatoms. The summed E-state index contributed by atoms with van der Waals surface area (Å²) in [4.78, 5) is 8.06.